The molecule has 86 valence electrons. The van der Waals surface area contributed by atoms with Crippen LogP contribution in [0, 0.1) is 5.92 Å². The Labute approximate surface area is 98.0 Å². The number of hydrogen-bond acceptors (Lipinski definition) is 4. The zero-order valence-electron chi connectivity index (χ0n) is 8.85. The van der Waals surface area contributed by atoms with E-state index in [2.05, 4.69) is 22.5 Å². The lowest BCUT2D eigenvalue weighted by molar-refractivity contribution is 0.0692. The molecule has 1 heterocycles. The minimum atomic E-state index is -0.965. The van der Waals surface area contributed by atoms with Crippen molar-refractivity contribution in [3.63, 3.8) is 0 Å². The van der Waals surface area contributed by atoms with Crippen molar-refractivity contribution in [1.29, 1.82) is 0 Å². The molecule has 1 atom stereocenters. The summed E-state index contributed by atoms with van der Waals surface area (Å²) in [5.41, 5.74) is 1.70. The lowest BCUT2D eigenvalue weighted by atomic mass is 9.94. The second kappa shape index (κ2) is 5.12. The summed E-state index contributed by atoms with van der Waals surface area (Å²) in [4.78, 5) is 14.6. The Morgan fingerprint density at radius 2 is 2.50 bits per heavy atom. The molecule has 0 radical (unpaired) electrons. The number of hydrogen-bond donors (Lipinski definition) is 2. The number of carboxylic acid groups (broad SMARTS) is 1. The quantitative estimate of drug-likeness (QED) is 0.791. The summed E-state index contributed by atoms with van der Waals surface area (Å²) >= 11 is 1.35. The Balaban J connectivity index is 1.91. The average Bonchev–Trinajstić information content (AvgIpc) is 2.76. The van der Waals surface area contributed by atoms with Crippen molar-refractivity contribution in [1.82, 2.24) is 4.98 Å². The van der Waals surface area contributed by atoms with E-state index in [1.165, 1.54) is 17.8 Å². The van der Waals surface area contributed by atoms with Gasteiger partial charge in [0.2, 0.25) is 0 Å². The first-order valence-corrected chi connectivity index (χ1v) is 6.21. The van der Waals surface area contributed by atoms with Gasteiger partial charge in [0.05, 0.1) is 5.51 Å². The molecule has 5 heteroatoms. The Kier molecular flexibility index (Phi) is 3.56. The summed E-state index contributed by atoms with van der Waals surface area (Å²) in [6.45, 7) is 0.826. The van der Waals surface area contributed by atoms with E-state index < -0.39 is 5.97 Å². The minimum absolute atomic E-state index is 0.136. The maximum atomic E-state index is 10.8. The topological polar surface area (TPSA) is 62.2 Å². The first-order valence-electron chi connectivity index (χ1n) is 5.33. The van der Waals surface area contributed by atoms with E-state index in [1.807, 2.05) is 0 Å². The van der Waals surface area contributed by atoms with Crippen molar-refractivity contribution in [2.24, 2.45) is 5.92 Å². The number of rotatable bonds is 4. The van der Waals surface area contributed by atoms with Crippen LogP contribution < -0.4 is 5.32 Å². The lowest BCUT2D eigenvalue weighted by Gasteiger charge is -2.18. The lowest BCUT2D eigenvalue weighted by Crippen LogP contribution is -2.16. The summed E-state index contributed by atoms with van der Waals surface area (Å²) in [5.74, 6) is -0.360. The molecule has 0 bridgehead atoms. The number of carbonyl (C=O) groups is 1. The maximum Gasteiger partial charge on any atom is 0.357 e. The Morgan fingerprint density at radius 1 is 1.62 bits per heavy atom. The molecular formula is C11H14N2O2S. The molecule has 0 spiro atoms. The van der Waals surface area contributed by atoms with E-state index in [4.69, 9.17) is 5.11 Å². The molecule has 1 unspecified atom stereocenters. The van der Waals surface area contributed by atoms with Crippen LogP contribution in [0.4, 0.5) is 5.00 Å². The van der Waals surface area contributed by atoms with Gasteiger partial charge in [-0.2, -0.15) is 0 Å². The third-order valence-electron chi connectivity index (χ3n) is 2.70. The van der Waals surface area contributed by atoms with Crippen molar-refractivity contribution >= 4 is 22.3 Å². The zero-order valence-corrected chi connectivity index (χ0v) is 9.67. The van der Waals surface area contributed by atoms with Crippen LogP contribution in [-0.4, -0.2) is 22.6 Å². The maximum absolute atomic E-state index is 10.8. The third kappa shape index (κ3) is 2.61. The monoisotopic (exact) mass is 238 g/mol. The van der Waals surface area contributed by atoms with E-state index >= 15 is 0 Å². The van der Waals surface area contributed by atoms with Crippen LogP contribution in [0.5, 0.6) is 0 Å². The number of nitrogens with one attached hydrogen (secondary N) is 1. The van der Waals surface area contributed by atoms with Gasteiger partial charge in [-0.1, -0.05) is 12.2 Å². The minimum Gasteiger partial charge on any atom is -0.476 e. The highest BCUT2D eigenvalue weighted by atomic mass is 32.1. The first kappa shape index (κ1) is 11.1. The van der Waals surface area contributed by atoms with Crippen molar-refractivity contribution < 1.29 is 9.90 Å². The molecule has 1 aromatic heterocycles. The fraction of sp³-hybridized carbons (Fsp3) is 0.455. The summed E-state index contributed by atoms with van der Waals surface area (Å²) in [7, 11) is 0. The molecule has 0 aliphatic heterocycles. The summed E-state index contributed by atoms with van der Waals surface area (Å²) in [6.07, 6.45) is 7.77. The van der Waals surface area contributed by atoms with Gasteiger partial charge in [-0.3, -0.25) is 0 Å². The second-order valence-electron chi connectivity index (χ2n) is 3.87. The highest BCUT2D eigenvalue weighted by molar-refractivity contribution is 7.14. The molecule has 0 fully saturated rings. The van der Waals surface area contributed by atoms with Gasteiger partial charge < -0.3 is 10.4 Å². The summed E-state index contributed by atoms with van der Waals surface area (Å²) < 4.78 is 0. The predicted octanol–water partition coefficient (Wildman–Crippen LogP) is 2.61. The Hall–Kier alpha value is -1.36. The molecule has 0 saturated heterocycles. The molecule has 2 rings (SSSR count). The van der Waals surface area contributed by atoms with E-state index in [9.17, 15) is 4.79 Å². The normalized spacial score (nSPS) is 19.6. The fourth-order valence-corrected chi connectivity index (χ4v) is 2.48. The van der Waals surface area contributed by atoms with Gasteiger partial charge in [-0.05, 0) is 25.2 Å². The standard InChI is InChI=1S/C11H14N2O2S/c14-11(15)9-10(16-7-13-9)12-6-8-4-2-1-3-5-8/h1-2,7-8,12H,3-6H2,(H,14,15). The number of aromatic carboxylic acids is 1. The average molecular weight is 238 g/mol. The van der Waals surface area contributed by atoms with Gasteiger partial charge >= 0.3 is 5.97 Å². The van der Waals surface area contributed by atoms with E-state index in [-0.39, 0.29) is 5.69 Å². The third-order valence-corrected chi connectivity index (χ3v) is 3.48. The highest BCUT2D eigenvalue weighted by Crippen LogP contribution is 2.23. The Morgan fingerprint density at radius 3 is 3.19 bits per heavy atom. The Bertz CT molecular complexity index is 400. The van der Waals surface area contributed by atoms with E-state index in [1.54, 1.807) is 5.51 Å². The van der Waals surface area contributed by atoms with Crippen molar-refractivity contribution in [2.45, 2.75) is 19.3 Å². The van der Waals surface area contributed by atoms with Crippen LogP contribution in [0.3, 0.4) is 0 Å². The molecule has 4 nitrogen and oxygen atoms in total. The highest BCUT2D eigenvalue weighted by Gasteiger charge is 2.15. The molecule has 0 saturated carbocycles. The number of allylic oxidation sites excluding steroid dienone is 2. The van der Waals surface area contributed by atoms with Gasteiger partial charge in [0.1, 0.15) is 5.00 Å². The van der Waals surface area contributed by atoms with Gasteiger partial charge in [0.15, 0.2) is 5.69 Å². The van der Waals surface area contributed by atoms with Crippen LogP contribution in [0.2, 0.25) is 0 Å². The first-order chi connectivity index (χ1) is 7.77. The largest absolute Gasteiger partial charge is 0.476 e. The molecule has 1 aliphatic carbocycles. The zero-order chi connectivity index (χ0) is 11.4. The molecule has 1 aromatic rings. The number of carboxylic acids is 1. The fourth-order valence-electron chi connectivity index (χ4n) is 1.80. The number of anilines is 1. The molecule has 0 aromatic carbocycles. The van der Waals surface area contributed by atoms with Crippen LogP contribution in [0.1, 0.15) is 29.8 Å². The van der Waals surface area contributed by atoms with Crippen LogP contribution in [0.25, 0.3) is 0 Å². The molecule has 16 heavy (non-hydrogen) atoms. The summed E-state index contributed by atoms with van der Waals surface area (Å²) in [5, 5.41) is 12.7. The van der Waals surface area contributed by atoms with Crippen LogP contribution in [-0.2, 0) is 0 Å². The van der Waals surface area contributed by atoms with Gasteiger partial charge in [-0.15, -0.1) is 11.3 Å². The van der Waals surface area contributed by atoms with Gasteiger partial charge in [0, 0.05) is 6.54 Å². The van der Waals surface area contributed by atoms with Crippen molar-refractivity contribution in [3.8, 4) is 0 Å². The smallest absolute Gasteiger partial charge is 0.357 e. The van der Waals surface area contributed by atoms with Gasteiger partial charge in [0.25, 0.3) is 0 Å². The number of thiazole rings is 1. The predicted molar refractivity (Wildman–Crippen MR) is 64.0 cm³/mol. The molecule has 1 aliphatic rings. The summed E-state index contributed by atoms with van der Waals surface area (Å²) in [6, 6.07) is 0. The molecule has 2 N–H and O–H groups in total. The van der Waals surface area contributed by atoms with E-state index in [0.29, 0.717) is 10.9 Å². The molecular weight excluding hydrogens is 224 g/mol. The molecule has 0 amide bonds. The van der Waals surface area contributed by atoms with Crippen LogP contribution >= 0.6 is 11.3 Å². The van der Waals surface area contributed by atoms with Crippen LogP contribution in [0.15, 0.2) is 17.7 Å². The number of nitrogens with zero attached hydrogens (tertiary/aromatic N) is 1. The van der Waals surface area contributed by atoms with E-state index in [0.717, 1.165) is 19.4 Å². The van der Waals surface area contributed by atoms with Crippen molar-refractivity contribution in [3.05, 3.63) is 23.4 Å². The SMILES string of the molecule is O=C(O)c1ncsc1NCC1CC=CCC1. The van der Waals surface area contributed by atoms with Crippen molar-refractivity contribution in [2.75, 3.05) is 11.9 Å². The number of aromatic nitrogens is 1. The van der Waals surface area contributed by atoms with Gasteiger partial charge in [-0.25, -0.2) is 9.78 Å². The second-order valence-corrected chi connectivity index (χ2v) is 4.72.